The summed E-state index contributed by atoms with van der Waals surface area (Å²) in [6.07, 6.45) is 3.87. The lowest BCUT2D eigenvalue weighted by Gasteiger charge is -2.40. The Labute approximate surface area is 74.9 Å². The number of hydrogen-bond donors (Lipinski definition) is 1. The highest BCUT2D eigenvalue weighted by atomic mass is 35.5. The van der Waals surface area contributed by atoms with Crippen LogP contribution >= 0.6 is 12.4 Å². The summed E-state index contributed by atoms with van der Waals surface area (Å²) >= 11 is 0. The summed E-state index contributed by atoms with van der Waals surface area (Å²) in [5.41, 5.74) is 6.00. The van der Waals surface area contributed by atoms with Crippen molar-refractivity contribution in [3.8, 4) is 0 Å². The molecule has 0 unspecified atom stereocenters. The normalized spacial score (nSPS) is 20.2. The van der Waals surface area contributed by atoms with E-state index in [1.807, 2.05) is 6.92 Å². The van der Waals surface area contributed by atoms with Crippen molar-refractivity contribution in [2.24, 2.45) is 11.1 Å². The van der Waals surface area contributed by atoms with Crippen molar-refractivity contribution in [3.05, 3.63) is 0 Å². The third kappa shape index (κ3) is 2.62. The number of hydrogen-bond acceptors (Lipinski definition) is 2. The molecule has 0 spiro atoms. The zero-order valence-corrected chi connectivity index (χ0v) is 7.95. The number of rotatable bonds is 4. The highest BCUT2D eigenvalue weighted by Gasteiger charge is 2.35. The summed E-state index contributed by atoms with van der Waals surface area (Å²) < 4.78 is 5.35. The second-order valence-corrected chi connectivity index (χ2v) is 3.19. The van der Waals surface area contributed by atoms with Crippen LogP contribution in [0.3, 0.4) is 0 Å². The van der Waals surface area contributed by atoms with Gasteiger partial charge < -0.3 is 10.5 Å². The van der Waals surface area contributed by atoms with E-state index in [2.05, 4.69) is 0 Å². The van der Waals surface area contributed by atoms with Crippen molar-refractivity contribution in [2.45, 2.75) is 26.2 Å². The predicted octanol–water partition coefficient (Wildman–Crippen LogP) is 1.57. The molecule has 1 aliphatic rings. The average molecular weight is 180 g/mol. The van der Waals surface area contributed by atoms with Crippen molar-refractivity contribution in [3.63, 3.8) is 0 Å². The lowest BCUT2D eigenvalue weighted by atomic mass is 9.69. The van der Waals surface area contributed by atoms with Gasteiger partial charge in [-0.3, -0.25) is 0 Å². The van der Waals surface area contributed by atoms with Gasteiger partial charge in [0.05, 0.1) is 6.61 Å². The Morgan fingerprint density at radius 2 is 2.09 bits per heavy atom. The molecule has 1 aliphatic carbocycles. The lowest BCUT2D eigenvalue weighted by molar-refractivity contribution is 0.00513. The van der Waals surface area contributed by atoms with E-state index in [-0.39, 0.29) is 12.4 Å². The smallest absolute Gasteiger partial charge is 0.0534 e. The Morgan fingerprint density at radius 1 is 1.45 bits per heavy atom. The Morgan fingerprint density at radius 3 is 2.36 bits per heavy atom. The van der Waals surface area contributed by atoms with Crippen LogP contribution in [0.2, 0.25) is 0 Å². The first-order valence-corrected chi connectivity index (χ1v) is 4.11. The Hall–Kier alpha value is 0.210. The summed E-state index contributed by atoms with van der Waals surface area (Å²) in [4.78, 5) is 0. The maximum Gasteiger partial charge on any atom is 0.0534 e. The minimum Gasteiger partial charge on any atom is -0.381 e. The van der Waals surface area contributed by atoms with Gasteiger partial charge in [-0.25, -0.2) is 0 Å². The monoisotopic (exact) mass is 179 g/mol. The molecule has 0 bridgehead atoms. The van der Waals surface area contributed by atoms with Crippen molar-refractivity contribution in [2.75, 3.05) is 19.8 Å². The van der Waals surface area contributed by atoms with Gasteiger partial charge in [0.2, 0.25) is 0 Å². The van der Waals surface area contributed by atoms with Crippen LogP contribution in [0.15, 0.2) is 0 Å². The lowest BCUT2D eigenvalue weighted by Crippen LogP contribution is -2.41. The molecule has 0 aromatic carbocycles. The van der Waals surface area contributed by atoms with Gasteiger partial charge >= 0.3 is 0 Å². The summed E-state index contributed by atoms with van der Waals surface area (Å²) in [5, 5.41) is 0. The van der Waals surface area contributed by atoms with Crippen molar-refractivity contribution >= 4 is 12.4 Å². The summed E-state index contributed by atoms with van der Waals surface area (Å²) in [5.74, 6) is 0. The fraction of sp³-hybridized carbons (Fsp3) is 1.00. The SMILES string of the molecule is CCOCC1(CN)CCC1.Cl. The second kappa shape index (κ2) is 4.96. The molecule has 0 saturated heterocycles. The fourth-order valence-corrected chi connectivity index (χ4v) is 1.40. The number of ether oxygens (including phenoxy) is 1. The molecule has 11 heavy (non-hydrogen) atoms. The fourth-order valence-electron chi connectivity index (χ4n) is 1.40. The first kappa shape index (κ1) is 11.2. The molecule has 2 nitrogen and oxygen atoms in total. The Bertz CT molecular complexity index is 98.8. The highest BCUT2D eigenvalue weighted by Crippen LogP contribution is 2.39. The molecule has 2 N–H and O–H groups in total. The molecule has 1 fully saturated rings. The molecular weight excluding hydrogens is 162 g/mol. The van der Waals surface area contributed by atoms with Gasteiger partial charge in [-0.2, -0.15) is 0 Å². The van der Waals surface area contributed by atoms with Gasteiger partial charge in [-0.15, -0.1) is 12.4 Å². The van der Waals surface area contributed by atoms with E-state index < -0.39 is 0 Å². The standard InChI is InChI=1S/C8H17NO.ClH/c1-2-10-7-8(6-9)4-3-5-8;/h2-7,9H2,1H3;1H. The molecule has 0 amide bonds. The van der Waals surface area contributed by atoms with E-state index in [9.17, 15) is 0 Å². The topological polar surface area (TPSA) is 35.2 Å². The summed E-state index contributed by atoms with van der Waals surface area (Å²) in [6.45, 7) is 4.53. The average Bonchev–Trinajstić information content (AvgIpc) is 1.87. The minimum absolute atomic E-state index is 0. The van der Waals surface area contributed by atoms with Crippen molar-refractivity contribution in [1.82, 2.24) is 0 Å². The first-order chi connectivity index (χ1) is 4.83. The van der Waals surface area contributed by atoms with Crippen LogP contribution in [0.1, 0.15) is 26.2 Å². The van der Waals surface area contributed by atoms with Gasteiger partial charge in [-0.1, -0.05) is 6.42 Å². The summed E-state index contributed by atoms with van der Waals surface area (Å²) in [6, 6.07) is 0. The van der Waals surface area contributed by atoms with Crippen LogP contribution in [0.5, 0.6) is 0 Å². The van der Waals surface area contributed by atoms with Crippen LogP contribution in [0, 0.1) is 5.41 Å². The Kier molecular flexibility index (Phi) is 5.06. The summed E-state index contributed by atoms with van der Waals surface area (Å²) in [7, 11) is 0. The third-order valence-corrected chi connectivity index (χ3v) is 2.46. The molecule has 0 aliphatic heterocycles. The zero-order valence-electron chi connectivity index (χ0n) is 7.14. The maximum absolute atomic E-state index is 5.63. The molecule has 0 atom stereocenters. The Balaban J connectivity index is 0.000001000. The maximum atomic E-state index is 5.63. The van der Waals surface area contributed by atoms with Gasteiger partial charge in [-0.05, 0) is 19.8 Å². The van der Waals surface area contributed by atoms with Crippen molar-refractivity contribution in [1.29, 1.82) is 0 Å². The van der Waals surface area contributed by atoms with E-state index in [0.717, 1.165) is 19.8 Å². The zero-order chi connectivity index (χ0) is 7.45. The molecule has 0 aromatic rings. The van der Waals surface area contributed by atoms with E-state index >= 15 is 0 Å². The first-order valence-electron chi connectivity index (χ1n) is 4.11. The highest BCUT2D eigenvalue weighted by molar-refractivity contribution is 5.85. The van der Waals surface area contributed by atoms with Gasteiger partial charge in [0.25, 0.3) is 0 Å². The largest absolute Gasteiger partial charge is 0.381 e. The molecule has 0 heterocycles. The minimum atomic E-state index is 0. The second-order valence-electron chi connectivity index (χ2n) is 3.19. The molecular formula is C8H18ClNO. The molecule has 3 heteroatoms. The van der Waals surface area contributed by atoms with Crippen LogP contribution in [0.4, 0.5) is 0 Å². The van der Waals surface area contributed by atoms with Gasteiger partial charge in [0, 0.05) is 18.6 Å². The van der Waals surface area contributed by atoms with Gasteiger partial charge in [0.1, 0.15) is 0 Å². The van der Waals surface area contributed by atoms with Crippen LogP contribution in [-0.4, -0.2) is 19.8 Å². The number of nitrogens with two attached hydrogens (primary N) is 1. The molecule has 0 radical (unpaired) electrons. The van der Waals surface area contributed by atoms with Crippen LogP contribution in [0.25, 0.3) is 0 Å². The van der Waals surface area contributed by atoms with E-state index in [0.29, 0.717) is 5.41 Å². The van der Waals surface area contributed by atoms with E-state index in [1.54, 1.807) is 0 Å². The van der Waals surface area contributed by atoms with Crippen LogP contribution in [-0.2, 0) is 4.74 Å². The van der Waals surface area contributed by atoms with E-state index in [1.165, 1.54) is 19.3 Å². The molecule has 68 valence electrons. The van der Waals surface area contributed by atoms with Crippen LogP contribution < -0.4 is 5.73 Å². The van der Waals surface area contributed by atoms with Gasteiger partial charge in [0.15, 0.2) is 0 Å². The predicted molar refractivity (Wildman–Crippen MR) is 49.1 cm³/mol. The number of halogens is 1. The van der Waals surface area contributed by atoms with E-state index in [4.69, 9.17) is 10.5 Å². The quantitative estimate of drug-likeness (QED) is 0.711. The van der Waals surface area contributed by atoms with Crippen molar-refractivity contribution < 1.29 is 4.74 Å². The molecule has 1 saturated carbocycles. The molecule has 1 rings (SSSR count). The molecule has 0 aromatic heterocycles. The third-order valence-electron chi connectivity index (χ3n) is 2.46.